The van der Waals surface area contributed by atoms with E-state index in [0.29, 0.717) is 0 Å². The van der Waals surface area contributed by atoms with Crippen LogP contribution in [-0.2, 0) is 12.8 Å². The Morgan fingerprint density at radius 1 is 0.826 bits per heavy atom. The number of imidazole rings is 1. The predicted octanol–water partition coefficient (Wildman–Crippen LogP) is 5.95. The van der Waals surface area contributed by atoms with Crippen molar-refractivity contribution >= 4 is 22.6 Å². The zero-order chi connectivity index (χ0) is 15.9. The lowest BCUT2D eigenvalue weighted by atomic mass is 10.0. The highest BCUT2D eigenvalue weighted by Gasteiger charge is 2.03. The fourth-order valence-corrected chi connectivity index (χ4v) is 3.12. The molecule has 0 unspecified atom stereocenters. The molecule has 1 N–H and O–H groups in total. The number of hydrogen-bond donors (Lipinski definition) is 1. The van der Waals surface area contributed by atoms with Crippen LogP contribution >= 0.6 is 11.6 Å². The Kier molecular flexibility index (Phi) is 5.71. The SMILES string of the molecule is Clc1ccc2nc(CCCCCCCc3ccccc3)[nH]c2c1. The molecule has 2 aromatic carbocycles. The first-order valence-electron chi connectivity index (χ1n) is 8.49. The number of unbranched alkanes of at least 4 members (excludes halogenated alkanes) is 4. The van der Waals surface area contributed by atoms with E-state index in [9.17, 15) is 0 Å². The lowest BCUT2D eigenvalue weighted by Gasteiger charge is -2.02. The molecule has 0 amide bonds. The Bertz CT molecular complexity index is 734. The Morgan fingerprint density at radius 3 is 2.39 bits per heavy atom. The maximum Gasteiger partial charge on any atom is 0.107 e. The van der Waals surface area contributed by atoms with Gasteiger partial charge in [0, 0.05) is 11.4 Å². The fraction of sp³-hybridized carbons (Fsp3) is 0.350. The number of aryl methyl sites for hydroxylation is 2. The summed E-state index contributed by atoms with van der Waals surface area (Å²) in [5.74, 6) is 1.08. The van der Waals surface area contributed by atoms with Crippen molar-refractivity contribution in [3.63, 3.8) is 0 Å². The Labute approximate surface area is 142 Å². The maximum atomic E-state index is 6.00. The van der Waals surface area contributed by atoms with Crippen molar-refractivity contribution in [2.75, 3.05) is 0 Å². The standard InChI is InChI=1S/C20H23ClN2/c21-17-13-14-18-19(15-17)23-20(22-18)12-8-3-1-2-5-9-16-10-6-4-7-11-16/h4,6-7,10-11,13-15H,1-3,5,8-9,12H2,(H,22,23). The van der Waals surface area contributed by atoms with E-state index in [1.807, 2.05) is 18.2 Å². The Morgan fingerprint density at radius 2 is 1.57 bits per heavy atom. The second-order valence-electron chi connectivity index (χ2n) is 6.10. The number of hydrogen-bond acceptors (Lipinski definition) is 1. The van der Waals surface area contributed by atoms with Crippen molar-refractivity contribution in [1.82, 2.24) is 9.97 Å². The molecule has 0 radical (unpaired) electrons. The van der Waals surface area contributed by atoms with Crippen LogP contribution in [0.1, 0.15) is 43.5 Å². The van der Waals surface area contributed by atoms with Crippen molar-refractivity contribution in [3.8, 4) is 0 Å². The summed E-state index contributed by atoms with van der Waals surface area (Å²) in [7, 11) is 0. The summed E-state index contributed by atoms with van der Waals surface area (Å²) < 4.78 is 0. The average molecular weight is 327 g/mol. The maximum absolute atomic E-state index is 6.00. The van der Waals surface area contributed by atoms with Gasteiger partial charge in [0.1, 0.15) is 5.82 Å². The highest BCUT2D eigenvalue weighted by atomic mass is 35.5. The van der Waals surface area contributed by atoms with E-state index in [1.165, 1.54) is 44.1 Å². The number of benzene rings is 2. The number of nitrogens with one attached hydrogen (secondary N) is 1. The van der Waals surface area contributed by atoms with Crippen molar-refractivity contribution in [1.29, 1.82) is 0 Å². The highest BCUT2D eigenvalue weighted by Crippen LogP contribution is 2.18. The summed E-state index contributed by atoms with van der Waals surface area (Å²) >= 11 is 6.00. The van der Waals surface area contributed by atoms with Crippen LogP contribution in [0.3, 0.4) is 0 Å². The number of nitrogens with zero attached hydrogens (tertiary/aromatic N) is 1. The van der Waals surface area contributed by atoms with Gasteiger partial charge in [0.15, 0.2) is 0 Å². The summed E-state index contributed by atoms with van der Waals surface area (Å²) in [6, 6.07) is 16.6. The first-order chi connectivity index (χ1) is 11.3. The predicted molar refractivity (Wildman–Crippen MR) is 98.0 cm³/mol. The average Bonchev–Trinajstić information content (AvgIpc) is 2.96. The van der Waals surface area contributed by atoms with E-state index in [-0.39, 0.29) is 0 Å². The third kappa shape index (κ3) is 4.84. The lowest BCUT2D eigenvalue weighted by Crippen LogP contribution is -1.89. The second-order valence-corrected chi connectivity index (χ2v) is 6.53. The molecule has 120 valence electrons. The van der Waals surface area contributed by atoms with Crippen LogP contribution in [0.5, 0.6) is 0 Å². The van der Waals surface area contributed by atoms with Crippen molar-refractivity contribution in [2.45, 2.75) is 44.9 Å². The number of halogens is 1. The molecule has 0 atom stereocenters. The van der Waals surface area contributed by atoms with E-state index >= 15 is 0 Å². The van der Waals surface area contributed by atoms with Gasteiger partial charge in [-0.1, -0.05) is 61.2 Å². The zero-order valence-electron chi connectivity index (χ0n) is 13.4. The summed E-state index contributed by atoms with van der Waals surface area (Å²) in [6.45, 7) is 0. The van der Waals surface area contributed by atoms with Crippen molar-refractivity contribution in [3.05, 3.63) is 64.9 Å². The van der Waals surface area contributed by atoms with Crippen molar-refractivity contribution in [2.24, 2.45) is 0 Å². The van der Waals surface area contributed by atoms with E-state index in [2.05, 4.69) is 40.3 Å². The van der Waals surface area contributed by atoms with Crippen molar-refractivity contribution < 1.29 is 0 Å². The molecule has 1 heterocycles. The molecule has 0 aliphatic rings. The van der Waals surface area contributed by atoms with E-state index in [0.717, 1.165) is 28.3 Å². The molecule has 0 spiro atoms. The van der Waals surface area contributed by atoms with E-state index in [1.54, 1.807) is 0 Å². The van der Waals surface area contributed by atoms with E-state index < -0.39 is 0 Å². The van der Waals surface area contributed by atoms with Gasteiger partial charge in [-0.15, -0.1) is 0 Å². The minimum Gasteiger partial charge on any atom is -0.342 e. The minimum absolute atomic E-state index is 0.756. The van der Waals surface area contributed by atoms with Gasteiger partial charge >= 0.3 is 0 Å². The molecule has 0 fully saturated rings. The molecule has 0 aliphatic heterocycles. The highest BCUT2D eigenvalue weighted by molar-refractivity contribution is 6.31. The number of fused-ring (bicyclic) bond motifs is 1. The summed E-state index contributed by atoms with van der Waals surface area (Å²) in [5.41, 5.74) is 3.50. The first-order valence-corrected chi connectivity index (χ1v) is 8.87. The molecular formula is C20H23ClN2. The quantitative estimate of drug-likeness (QED) is 0.509. The smallest absolute Gasteiger partial charge is 0.107 e. The van der Waals surface area contributed by atoms with Gasteiger partial charge in [0.25, 0.3) is 0 Å². The van der Waals surface area contributed by atoms with Gasteiger partial charge in [0.2, 0.25) is 0 Å². The monoisotopic (exact) mass is 326 g/mol. The number of H-pyrrole nitrogens is 1. The normalized spacial score (nSPS) is 11.2. The van der Waals surface area contributed by atoms with Gasteiger partial charge in [-0.2, -0.15) is 0 Å². The van der Waals surface area contributed by atoms with Gasteiger partial charge in [-0.3, -0.25) is 0 Å². The summed E-state index contributed by atoms with van der Waals surface area (Å²) in [5, 5.41) is 0.756. The van der Waals surface area contributed by atoms with Crippen LogP contribution in [0.25, 0.3) is 11.0 Å². The first kappa shape index (κ1) is 16.1. The molecule has 23 heavy (non-hydrogen) atoms. The van der Waals surface area contributed by atoms with Gasteiger partial charge in [-0.05, 0) is 43.0 Å². The molecule has 1 aromatic heterocycles. The third-order valence-corrected chi connectivity index (χ3v) is 4.45. The van der Waals surface area contributed by atoms with E-state index in [4.69, 9.17) is 11.6 Å². The minimum atomic E-state index is 0.756. The molecule has 3 heteroatoms. The van der Waals surface area contributed by atoms with Gasteiger partial charge in [0.05, 0.1) is 11.0 Å². The van der Waals surface area contributed by atoms with Gasteiger partial charge < -0.3 is 4.98 Å². The number of rotatable bonds is 8. The summed E-state index contributed by atoms with van der Waals surface area (Å²) in [4.78, 5) is 7.98. The molecule has 2 nitrogen and oxygen atoms in total. The fourth-order valence-electron chi connectivity index (χ4n) is 2.95. The molecule has 0 saturated heterocycles. The van der Waals surface area contributed by atoms with Crippen LogP contribution < -0.4 is 0 Å². The van der Waals surface area contributed by atoms with Crippen LogP contribution in [-0.4, -0.2) is 9.97 Å². The van der Waals surface area contributed by atoms with Gasteiger partial charge in [-0.25, -0.2) is 4.98 Å². The molecule has 3 aromatic rings. The van der Waals surface area contributed by atoms with Crippen LogP contribution in [0, 0.1) is 0 Å². The number of aromatic amines is 1. The Balaban J connectivity index is 1.33. The zero-order valence-corrected chi connectivity index (χ0v) is 14.1. The topological polar surface area (TPSA) is 28.7 Å². The second kappa shape index (κ2) is 8.16. The number of aromatic nitrogens is 2. The van der Waals surface area contributed by atoms with Crippen LogP contribution in [0.2, 0.25) is 5.02 Å². The van der Waals surface area contributed by atoms with Crippen LogP contribution in [0.15, 0.2) is 48.5 Å². The third-order valence-electron chi connectivity index (χ3n) is 4.21. The largest absolute Gasteiger partial charge is 0.342 e. The lowest BCUT2D eigenvalue weighted by molar-refractivity contribution is 0.608. The molecule has 0 saturated carbocycles. The summed E-state index contributed by atoms with van der Waals surface area (Å²) in [6.07, 6.45) is 8.58. The Hall–Kier alpha value is -1.80. The molecule has 0 aliphatic carbocycles. The molecule has 0 bridgehead atoms. The molecular weight excluding hydrogens is 304 g/mol. The molecule has 3 rings (SSSR count). The van der Waals surface area contributed by atoms with Crippen LogP contribution in [0.4, 0.5) is 0 Å².